The second kappa shape index (κ2) is 6.86. The van der Waals surface area contributed by atoms with Gasteiger partial charge in [-0.1, -0.05) is 22.0 Å². The van der Waals surface area contributed by atoms with Crippen LogP contribution in [0, 0.1) is 5.82 Å². The van der Waals surface area contributed by atoms with Crippen molar-refractivity contribution in [3.63, 3.8) is 0 Å². The van der Waals surface area contributed by atoms with Crippen molar-refractivity contribution in [1.29, 1.82) is 0 Å². The van der Waals surface area contributed by atoms with E-state index in [1.54, 1.807) is 6.07 Å². The van der Waals surface area contributed by atoms with Gasteiger partial charge in [-0.05, 0) is 24.1 Å². The van der Waals surface area contributed by atoms with Gasteiger partial charge >= 0.3 is 0 Å². The van der Waals surface area contributed by atoms with Crippen LogP contribution in [-0.4, -0.2) is 30.3 Å². The van der Waals surface area contributed by atoms with Crippen LogP contribution in [-0.2, 0) is 11.2 Å². The number of nitrogens with one attached hydrogen (secondary N) is 1. The molecule has 1 saturated heterocycles. The maximum absolute atomic E-state index is 13.8. The molecule has 18 heavy (non-hydrogen) atoms. The Morgan fingerprint density at radius 1 is 1.61 bits per heavy atom. The second-order valence-electron chi connectivity index (χ2n) is 4.20. The first-order chi connectivity index (χ1) is 8.70. The van der Waals surface area contributed by atoms with Crippen LogP contribution >= 0.6 is 27.7 Å². The van der Waals surface area contributed by atoms with Gasteiger partial charge < -0.3 is 4.74 Å². The first-order valence-corrected chi connectivity index (χ1v) is 7.75. The minimum absolute atomic E-state index is 0.0387. The van der Waals surface area contributed by atoms with Crippen molar-refractivity contribution in [1.82, 2.24) is 5.43 Å². The van der Waals surface area contributed by atoms with Gasteiger partial charge in [0.15, 0.2) is 0 Å². The minimum atomic E-state index is -0.215. The van der Waals surface area contributed by atoms with Crippen molar-refractivity contribution < 1.29 is 9.13 Å². The molecule has 0 aliphatic carbocycles. The number of rotatable bonds is 4. The molecule has 0 amide bonds. The average molecular weight is 335 g/mol. The summed E-state index contributed by atoms with van der Waals surface area (Å²) in [5.74, 6) is 7.26. The third kappa shape index (κ3) is 3.68. The SMILES string of the molecule is NNC(Cc1ccc(Br)cc1F)C1CSCCO1. The highest BCUT2D eigenvalue weighted by Crippen LogP contribution is 2.20. The topological polar surface area (TPSA) is 47.3 Å². The molecule has 1 aromatic carbocycles. The predicted molar refractivity (Wildman–Crippen MR) is 76.0 cm³/mol. The zero-order chi connectivity index (χ0) is 13.0. The van der Waals surface area contributed by atoms with E-state index in [1.807, 2.05) is 17.8 Å². The van der Waals surface area contributed by atoms with Crippen molar-refractivity contribution >= 4 is 27.7 Å². The molecule has 0 spiro atoms. The molecule has 0 aromatic heterocycles. The summed E-state index contributed by atoms with van der Waals surface area (Å²) in [6.07, 6.45) is 0.567. The third-order valence-electron chi connectivity index (χ3n) is 2.96. The lowest BCUT2D eigenvalue weighted by molar-refractivity contribution is 0.0470. The standard InChI is InChI=1S/C12H16BrFN2OS/c13-9-2-1-8(10(14)6-9)5-11(16-15)12-7-18-4-3-17-12/h1-2,6,11-12,16H,3-5,7,15H2. The summed E-state index contributed by atoms with van der Waals surface area (Å²) < 4.78 is 20.2. The molecule has 3 N–H and O–H groups in total. The monoisotopic (exact) mass is 334 g/mol. The lowest BCUT2D eigenvalue weighted by Gasteiger charge is -2.29. The highest BCUT2D eigenvalue weighted by atomic mass is 79.9. The van der Waals surface area contributed by atoms with Gasteiger partial charge in [0.1, 0.15) is 5.82 Å². The number of benzene rings is 1. The first kappa shape index (κ1) is 14.3. The fourth-order valence-corrected chi connectivity index (χ4v) is 3.23. The van der Waals surface area contributed by atoms with E-state index in [0.29, 0.717) is 12.0 Å². The van der Waals surface area contributed by atoms with Crippen LogP contribution < -0.4 is 11.3 Å². The minimum Gasteiger partial charge on any atom is -0.375 e. The lowest BCUT2D eigenvalue weighted by Crippen LogP contribution is -2.49. The zero-order valence-electron chi connectivity index (χ0n) is 9.86. The molecule has 6 heteroatoms. The van der Waals surface area contributed by atoms with Gasteiger partial charge in [0.25, 0.3) is 0 Å². The maximum atomic E-state index is 13.8. The van der Waals surface area contributed by atoms with Crippen molar-refractivity contribution in [3.05, 3.63) is 34.1 Å². The van der Waals surface area contributed by atoms with Crippen LogP contribution in [0.15, 0.2) is 22.7 Å². The number of thioether (sulfide) groups is 1. The molecule has 1 fully saturated rings. The molecular weight excluding hydrogens is 319 g/mol. The van der Waals surface area contributed by atoms with Gasteiger partial charge in [-0.2, -0.15) is 11.8 Å². The van der Waals surface area contributed by atoms with Gasteiger partial charge in [-0.3, -0.25) is 11.3 Å². The molecule has 0 saturated carbocycles. The quantitative estimate of drug-likeness (QED) is 0.653. The molecular formula is C12H16BrFN2OS. The Labute approximate surface area is 119 Å². The van der Waals surface area contributed by atoms with E-state index >= 15 is 0 Å². The summed E-state index contributed by atoms with van der Waals surface area (Å²) in [7, 11) is 0. The highest BCUT2D eigenvalue weighted by molar-refractivity contribution is 9.10. The van der Waals surface area contributed by atoms with E-state index in [4.69, 9.17) is 10.6 Å². The van der Waals surface area contributed by atoms with Gasteiger partial charge in [-0.15, -0.1) is 0 Å². The Morgan fingerprint density at radius 3 is 3.06 bits per heavy atom. The van der Waals surface area contributed by atoms with E-state index in [-0.39, 0.29) is 18.0 Å². The number of hydrogen-bond acceptors (Lipinski definition) is 4. The fourth-order valence-electron chi connectivity index (χ4n) is 1.96. The van der Waals surface area contributed by atoms with Crippen LogP contribution in [0.3, 0.4) is 0 Å². The number of halogens is 2. The van der Waals surface area contributed by atoms with Crippen molar-refractivity contribution in [2.75, 3.05) is 18.1 Å². The summed E-state index contributed by atoms with van der Waals surface area (Å²) in [6.45, 7) is 0.732. The summed E-state index contributed by atoms with van der Waals surface area (Å²) in [5.41, 5.74) is 3.40. The van der Waals surface area contributed by atoms with Gasteiger partial charge in [0, 0.05) is 16.0 Å². The van der Waals surface area contributed by atoms with Crippen LogP contribution in [0.5, 0.6) is 0 Å². The van der Waals surface area contributed by atoms with E-state index < -0.39 is 0 Å². The highest BCUT2D eigenvalue weighted by Gasteiger charge is 2.25. The normalized spacial score (nSPS) is 21.8. The molecule has 1 heterocycles. The van der Waals surface area contributed by atoms with E-state index in [9.17, 15) is 4.39 Å². The molecule has 1 aromatic rings. The lowest BCUT2D eigenvalue weighted by atomic mass is 10.0. The number of hydrazine groups is 1. The first-order valence-electron chi connectivity index (χ1n) is 5.80. The van der Waals surface area contributed by atoms with Crippen molar-refractivity contribution in [3.8, 4) is 0 Å². The molecule has 0 radical (unpaired) electrons. The molecule has 2 atom stereocenters. The maximum Gasteiger partial charge on any atom is 0.127 e. The van der Waals surface area contributed by atoms with Crippen LogP contribution in [0.25, 0.3) is 0 Å². The van der Waals surface area contributed by atoms with Crippen LogP contribution in [0.2, 0.25) is 0 Å². The molecule has 100 valence electrons. The van der Waals surface area contributed by atoms with Crippen molar-refractivity contribution in [2.24, 2.45) is 5.84 Å². The summed E-state index contributed by atoms with van der Waals surface area (Å²) >= 11 is 5.09. The number of ether oxygens (including phenoxy) is 1. The van der Waals surface area contributed by atoms with Gasteiger partial charge in [-0.25, -0.2) is 4.39 Å². The van der Waals surface area contributed by atoms with E-state index in [1.165, 1.54) is 6.07 Å². The third-order valence-corrected chi connectivity index (χ3v) is 4.47. The fraction of sp³-hybridized carbons (Fsp3) is 0.500. The smallest absolute Gasteiger partial charge is 0.127 e. The molecule has 1 aliphatic heterocycles. The Balaban J connectivity index is 2.04. The molecule has 2 unspecified atom stereocenters. The van der Waals surface area contributed by atoms with E-state index in [2.05, 4.69) is 21.4 Å². The summed E-state index contributed by atoms with van der Waals surface area (Å²) in [5, 5.41) is 0. The largest absolute Gasteiger partial charge is 0.375 e. The van der Waals surface area contributed by atoms with Gasteiger partial charge in [0.05, 0.1) is 18.8 Å². The molecule has 2 rings (SSSR count). The Kier molecular flexibility index (Phi) is 5.44. The Hall–Kier alpha value is -0.140. The van der Waals surface area contributed by atoms with Crippen LogP contribution in [0.4, 0.5) is 4.39 Å². The van der Waals surface area contributed by atoms with Crippen molar-refractivity contribution in [2.45, 2.75) is 18.6 Å². The van der Waals surface area contributed by atoms with Gasteiger partial charge in [0.2, 0.25) is 0 Å². The molecule has 3 nitrogen and oxygen atoms in total. The second-order valence-corrected chi connectivity index (χ2v) is 6.26. The summed E-state index contributed by atoms with van der Waals surface area (Å²) in [6, 6.07) is 5.02. The van der Waals surface area contributed by atoms with E-state index in [0.717, 1.165) is 22.6 Å². The zero-order valence-corrected chi connectivity index (χ0v) is 12.3. The predicted octanol–water partition coefficient (Wildman–Crippen LogP) is 2.09. The van der Waals surface area contributed by atoms with Crippen LogP contribution in [0.1, 0.15) is 5.56 Å². The summed E-state index contributed by atoms with van der Waals surface area (Å²) in [4.78, 5) is 0. The molecule has 1 aliphatic rings. The number of nitrogens with two attached hydrogens (primary N) is 1. The molecule has 0 bridgehead atoms. The Bertz CT molecular complexity index is 402. The number of hydrogen-bond donors (Lipinski definition) is 2. The average Bonchev–Trinajstić information content (AvgIpc) is 2.39. The Morgan fingerprint density at radius 2 is 2.44 bits per heavy atom.